The molecule has 6 nitrogen and oxygen atoms in total. The molecule has 1 aromatic rings. The number of hydrogen-bond donors (Lipinski definition) is 0. The van der Waals surface area contributed by atoms with Crippen molar-refractivity contribution in [2.75, 3.05) is 32.2 Å². The van der Waals surface area contributed by atoms with Gasteiger partial charge in [-0.15, -0.1) is 17.5 Å². The average molecular weight is 390 g/mol. The van der Waals surface area contributed by atoms with Gasteiger partial charge in [-0.1, -0.05) is 16.8 Å². The summed E-state index contributed by atoms with van der Waals surface area (Å²) in [5.41, 5.74) is 3.56. The molecule has 0 aromatic carbocycles. The largest absolute Gasteiger partial charge is 0.452 e. The summed E-state index contributed by atoms with van der Waals surface area (Å²) in [5.74, 6) is 1.66. The second-order valence-corrected chi connectivity index (χ2v) is 6.56. The van der Waals surface area contributed by atoms with Crippen molar-refractivity contribution in [2.45, 2.75) is 26.7 Å². The minimum Gasteiger partial charge on any atom is -0.452 e. The number of nitrogens with zero attached hydrogens (tertiary/aromatic N) is 4. The van der Waals surface area contributed by atoms with Crippen molar-refractivity contribution in [3.63, 3.8) is 0 Å². The van der Waals surface area contributed by atoms with E-state index in [1.54, 1.807) is 14.2 Å². The highest BCUT2D eigenvalue weighted by Crippen LogP contribution is 2.43. The van der Waals surface area contributed by atoms with Crippen LogP contribution in [-0.2, 0) is 9.57 Å². The van der Waals surface area contributed by atoms with E-state index in [1.165, 1.54) is 11.1 Å². The number of halogens is 1. The number of hydroxylamine groups is 3. The van der Waals surface area contributed by atoms with Gasteiger partial charge in [-0.3, -0.25) is 0 Å². The fraction of sp³-hybridized carbons (Fsp3) is 0.400. The van der Waals surface area contributed by atoms with Crippen LogP contribution in [0.25, 0.3) is 11.9 Å². The molecule has 1 aromatic heterocycles. The van der Waals surface area contributed by atoms with Crippen LogP contribution in [0.4, 0.5) is 5.82 Å². The van der Waals surface area contributed by atoms with Gasteiger partial charge in [-0.2, -0.15) is 9.94 Å². The molecule has 1 aliphatic carbocycles. The molecule has 0 spiro atoms. The molecular formula is C20H26ClN4O2+. The number of methoxy groups -OCH3 is 1. The van der Waals surface area contributed by atoms with Crippen LogP contribution in [0, 0.1) is 0 Å². The van der Waals surface area contributed by atoms with Gasteiger partial charge in [0.05, 0.1) is 30.9 Å². The van der Waals surface area contributed by atoms with Crippen molar-refractivity contribution in [2.24, 2.45) is 0 Å². The number of ether oxygens (including phenoxy) is 1. The Morgan fingerprint density at radius 1 is 1.22 bits per heavy atom. The lowest BCUT2D eigenvalue weighted by molar-refractivity contribution is -0.962. The van der Waals surface area contributed by atoms with E-state index in [-0.39, 0.29) is 17.1 Å². The first-order chi connectivity index (χ1) is 12.7. The average Bonchev–Trinajstić information content (AvgIpc) is 3.04. The van der Waals surface area contributed by atoms with Crippen LogP contribution in [0.2, 0.25) is 0 Å². The van der Waals surface area contributed by atoms with Crippen LogP contribution in [0.3, 0.4) is 0 Å². The molecule has 0 fully saturated rings. The van der Waals surface area contributed by atoms with E-state index in [4.69, 9.17) is 9.57 Å². The zero-order valence-electron chi connectivity index (χ0n) is 16.2. The van der Waals surface area contributed by atoms with Crippen molar-refractivity contribution in [3.8, 4) is 0 Å². The molecule has 0 bridgehead atoms. The first kappa shape index (κ1) is 19.6. The second kappa shape index (κ2) is 7.46. The van der Waals surface area contributed by atoms with Gasteiger partial charge < -0.3 is 9.64 Å². The third kappa shape index (κ3) is 2.71. The number of rotatable bonds is 5. The number of quaternary nitrogens is 1. The lowest BCUT2D eigenvalue weighted by Crippen LogP contribution is -2.43. The van der Waals surface area contributed by atoms with Gasteiger partial charge in [-0.25, -0.2) is 0 Å². The molecule has 1 atom stereocenters. The van der Waals surface area contributed by atoms with Crippen LogP contribution in [0.5, 0.6) is 0 Å². The van der Waals surface area contributed by atoms with Crippen molar-refractivity contribution in [1.29, 1.82) is 0 Å². The Morgan fingerprint density at radius 3 is 2.67 bits per heavy atom. The molecule has 0 N–H and O–H groups in total. The number of hydrogen-bond acceptors (Lipinski definition) is 5. The molecule has 3 heterocycles. The molecule has 4 rings (SSSR count). The maximum absolute atomic E-state index is 6.05. The van der Waals surface area contributed by atoms with Crippen LogP contribution >= 0.6 is 12.4 Å². The molecule has 3 aliphatic rings. The second-order valence-electron chi connectivity index (χ2n) is 6.56. The van der Waals surface area contributed by atoms with Gasteiger partial charge in [0, 0.05) is 24.7 Å². The molecule has 1 unspecified atom stereocenters. The van der Waals surface area contributed by atoms with E-state index < -0.39 is 0 Å². The smallest absolute Gasteiger partial charge is 0.335 e. The predicted octanol–water partition coefficient (Wildman–Crippen LogP) is 2.13. The Balaban J connectivity index is 0.00000210. The third-order valence-corrected chi connectivity index (χ3v) is 5.40. The topological polar surface area (TPSA) is 47.5 Å². The summed E-state index contributed by atoms with van der Waals surface area (Å²) in [4.78, 5) is 8.29. The third-order valence-electron chi connectivity index (χ3n) is 5.40. The predicted molar refractivity (Wildman–Crippen MR) is 108 cm³/mol. The minimum absolute atomic E-state index is 0. The first-order valence-corrected chi connectivity index (χ1v) is 9.15. The van der Waals surface area contributed by atoms with Crippen LogP contribution < -0.4 is 15.3 Å². The molecule has 0 saturated heterocycles. The van der Waals surface area contributed by atoms with Gasteiger partial charge in [0.2, 0.25) is 0 Å². The molecule has 144 valence electrons. The molecular weight excluding hydrogens is 364 g/mol. The van der Waals surface area contributed by atoms with Crippen molar-refractivity contribution in [3.05, 3.63) is 51.9 Å². The van der Waals surface area contributed by atoms with Crippen LogP contribution in [-0.4, -0.2) is 42.2 Å². The standard InChI is InChI=1S/C20H25N4O2.ClH/c1-5-23(6-2)20-18-15(12-21-22-20)13-24(26-4)17(25-3)11-14-9-7-8-10-16(14)19(18)24;/h8,10-13H,5-7,9H2,1-4H3;1H/q+1;. The highest BCUT2D eigenvalue weighted by atomic mass is 35.5. The van der Waals surface area contributed by atoms with Gasteiger partial charge >= 0.3 is 5.88 Å². The summed E-state index contributed by atoms with van der Waals surface area (Å²) in [6, 6.07) is 0. The Morgan fingerprint density at radius 2 is 2.00 bits per heavy atom. The molecule has 7 heteroatoms. The van der Waals surface area contributed by atoms with Gasteiger partial charge in [-0.05, 0) is 32.3 Å². The normalized spacial score (nSPS) is 22.2. The number of fused-ring (bicyclic) bond motifs is 3. The number of aromatic nitrogens is 2. The van der Waals surface area contributed by atoms with E-state index in [2.05, 4.69) is 53.4 Å². The number of allylic oxidation sites excluding steroid dienone is 3. The fourth-order valence-electron chi connectivity index (χ4n) is 4.12. The quantitative estimate of drug-likeness (QED) is 0.722. The van der Waals surface area contributed by atoms with E-state index in [1.807, 2.05) is 6.20 Å². The number of anilines is 1. The maximum Gasteiger partial charge on any atom is 0.335 e. The van der Waals surface area contributed by atoms with E-state index in [0.29, 0.717) is 0 Å². The SMILES string of the molecule is CCN(CC)c1nncc2c1=C1C3=C(C=C(OC)[N+]1(OC)C=2)CCC=C3.Cl. The molecule has 0 radical (unpaired) electrons. The van der Waals surface area contributed by atoms with Crippen molar-refractivity contribution >= 4 is 30.1 Å². The van der Waals surface area contributed by atoms with Gasteiger partial charge in [0.1, 0.15) is 0 Å². The van der Waals surface area contributed by atoms with Gasteiger partial charge in [0.25, 0.3) is 0 Å². The van der Waals surface area contributed by atoms with E-state index >= 15 is 0 Å². The zero-order valence-corrected chi connectivity index (χ0v) is 17.0. The summed E-state index contributed by atoms with van der Waals surface area (Å²) < 4.78 is 5.88. The molecule has 0 saturated carbocycles. The zero-order chi connectivity index (χ0) is 18.3. The summed E-state index contributed by atoms with van der Waals surface area (Å²) in [6.07, 6.45) is 12.5. The minimum atomic E-state index is 0. The summed E-state index contributed by atoms with van der Waals surface area (Å²) in [7, 11) is 3.41. The lowest BCUT2D eigenvalue weighted by atomic mass is 9.91. The Hall–Kier alpha value is -2.15. The van der Waals surface area contributed by atoms with Crippen LogP contribution in [0.15, 0.2) is 41.5 Å². The highest BCUT2D eigenvalue weighted by molar-refractivity contribution is 5.85. The molecule has 0 amide bonds. The fourth-order valence-corrected chi connectivity index (χ4v) is 4.12. The molecule has 27 heavy (non-hydrogen) atoms. The van der Waals surface area contributed by atoms with Crippen molar-refractivity contribution < 1.29 is 14.2 Å². The Kier molecular flexibility index (Phi) is 5.42. The Labute approximate surface area is 165 Å². The summed E-state index contributed by atoms with van der Waals surface area (Å²) in [6.45, 7) is 6.02. The van der Waals surface area contributed by atoms with Crippen LogP contribution in [0.1, 0.15) is 26.7 Å². The van der Waals surface area contributed by atoms with E-state index in [0.717, 1.165) is 53.8 Å². The molecule has 2 aliphatic heterocycles. The monoisotopic (exact) mass is 389 g/mol. The van der Waals surface area contributed by atoms with Crippen molar-refractivity contribution in [1.82, 2.24) is 10.2 Å². The maximum atomic E-state index is 6.05. The summed E-state index contributed by atoms with van der Waals surface area (Å²) in [5, 5.41) is 10.9. The highest BCUT2D eigenvalue weighted by Gasteiger charge is 2.49. The summed E-state index contributed by atoms with van der Waals surface area (Å²) >= 11 is 0. The van der Waals surface area contributed by atoms with Gasteiger partial charge in [0.15, 0.2) is 17.7 Å². The Bertz CT molecular complexity index is 963. The lowest BCUT2D eigenvalue weighted by Gasteiger charge is -2.34. The van der Waals surface area contributed by atoms with E-state index in [9.17, 15) is 0 Å². The first-order valence-electron chi connectivity index (χ1n) is 9.15.